The molecular weight excluding hydrogens is 276 g/mol. The number of carbonyl (C=O) groups is 1. The van der Waals surface area contributed by atoms with Gasteiger partial charge in [0.2, 0.25) is 0 Å². The van der Waals surface area contributed by atoms with Gasteiger partial charge in [-0.15, -0.1) is 0 Å². The van der Waals surface area contributed by atoms with Crippen LogP contribution in [0.4, 0.5) is 11.4 Å². The lowest BCUT2D eigenvalue weighted by Gasteiger charge is -2.19. The lowest BCUT2D eigenvalue weighted by Crippen LogP contribution is -2.23. The van der Waals surface area contributed by atoms with Gasteiger partial charge in [0.25, 0.3) is 5.69 Å². The van der Waals surface area contributed by atoms with E-state index in [0.29, 0.717) is 24.8 Å². The van der Waals surface area contributed by atoms with Crippen LogP contribution in [-0.4, -0.2) is 42.8 Å². The lowest BCUT2D eigenvalue weighted by atomic mass is 10.1. The minimum Gasteiger partial charge on any atom is -0.477 e. The number of carboxylic acids is 1. The molecule has 0 aliphatic heterocycles. The van der Waals surface area contributed by atoms with Crippen LogP contribution in [0, 0.1) is 16.0 Å². The van der Waals surface area contributed by atoms with E-state index < -0.39 is 16.6 Å². The van der Waals surface area contributed by atoms with Crippen molar-refractivity contribution >= 4 is 17.3 Å². The summed E-state index contributed by atoms with van der Waals surface area (Å²) in [7, 11) is 1.80. The maximum atomic E-state index is 11.1. The number of aromatic carboxylic acids is 1. The van der Waals surface area contributed by atoms with Crippen LogP contribution in [0.2, 0.25) is 0 Å². The van der Waals surface area contributed by atoms with Crippen molar-refractivity contribution in [3.63, 3.8) is 0 Å². The maximum absolute atomic E-state index is 11.1. The first-order valence-corrected chi connectivity index (χ1v) is 6.79. The fourth-order valence-electron chi connectivity index (χ4n) is 1.96. The van der Waals surface area contributed by atoms with Gasteiger partial charge in [-0.25, -0.2) is 4.79 Å². The van der Waals surface area contributed by atoms with Crippen molar-refractivity contribution in [3.8, 4) is 0 Å². The number of nitro groups is 1. The van der Waals surface area contributed by atoms with E-state index in [-0.39, 0.29) is 5.56 Å². The monoisotopic (exact) mass is 294 g/mol. The topological polar surface area (TPSA) is 92.9 Å². The quantitative estimate of drug-likeness (QED) is 0.448. The molecule has 0 atom stereocenters. The number of nitrogens with zero attached hydrogens (tertiary/aromatic N) is 2. The largest absolute Gasteiger partial charge is 0.477 e. The van der Waals surface area contributed by atoms with Gasteiger partial charge in [-0.05, 0) is 30.9 Å². The van der Waals surface area contributed by atoms with Crippen LogP contribution in [0.25, 0.3) is 0 Å². The molecule has 2 rings (SSSR count). The Balaban J connectivity index is 1.98. The molecule has 0 aromatic heterocycles. The minimum atomic E-state index is -1.30. The summed E-state index contributed by atoms with van der Waals surface area (Å²) >= 11 is 0. The van der Waals surface area contributed by atoms with Crippen molar-refractivity contribution in [1.29, 1.82) is 0 Å². The lowest BCUT2D eigenvalue weighted by molar-refractivity contribution is -0.385. The molecule has 1 aromatic carbocycles. The predicted molar refractivity (Wildman–Crippen MR) is 76.9 cm³/mol. The molecule has 0 saturated heterocycles. The second kappa shape index (κ2) is 6.53. The Labute approximate surface area is 122 Å². The Hall–Kier alpha value is -2.15. The Morgan fingerprint density at radius 3 is 2.81 bits per heavy atom. The third-order valence-corrected chi connectivity index (χ3v) is 3.47. The van der Waals surface area contributed by atoms with E-state index in [4.69, 9.17) is 9.84 Å². The number of benzene rings is 1. The average molecular weight is 294 g/mol. The second-order valence-electron chi connectivity index (χ2n) is 5.20. The normalized spacial score (nSPS) is 14.0. The third-order valence-electron chi connectivity index (χ3n) is 3.47. The highest BCUT2D eigenvalue weighted by Crippen LogP contribution is 2.29. The minimum absolute atomic E-state index is 0.303. The molecule has 0 spiro atoms. The molecule has 1 saturated carbocycles. The molecule has 0 amide bonds. The van der Waals surface area contributed by atoms with Gasteiger partial charge in [0.15, 0.2) is 0 Å². The van der Waals surface area contributed by atoms with Gasteiger partial charge in [0.1, 0.15) is 5.56 Å². The molecule has 1 aliphatic rings. The third kappa shape index (κ3) is 4.16. The van der Waals surface area contributed by atoms with Crippen LogP contribution < -0.4 is 4.90 Å². The Morgan fingerprint density at radius 2 is 2.24 bits per heavy atom. The van der Waals surface area contributed by atoms with Crippen LogP contribution >= 0.6 is 0 Å². The van der Waals surface area contributed by atoms with Crippen molar-refractivity contribution in [2.45, 2.75) is 12.8 Å². The summed E-state index contributed by atoms with van der Waals surface area (Å²) in [5.41, 5.74) is -0.0825. The van der Waals surface area contributed by atoms with Gasteiger partial charge in [0, 0.05) is 32.0 Å². The number of anilines is 1. The summed E-state index contributed by atoms with van der Waals surface area (Å²) in [4.78, 5) is 23.0. The van der Waals surface area contributed by atoms with Gasteiger partial charge >= 0.3 is 5.97 Å². The number of nitro benzene ring substituents is 1. The zero-order chi connectivity index (χ0) is 15.4. The van der Waals surface area contributed by atoms with Crippen molar-refractivity contribution < 1.29 is 19.6 Å². The number of carboxylic acid groups (broad SMARTS) is 1. The molecule has 1 aliphatic carbocycles. The van der Waals surface area contributed by atoms with Gasteiger partial charge in [0.05, 0.1) is 11.5 Å². The van der Waals surface area contributed by atoms with Crippen LogP contribution in [0.1, 0.15) is 23.2 Å². The van der Waals surface area contributed by atoms with E-state index in [1.54, 1.807) is 13.1 Å². The summed E-state index contributed by atoms with van der Waals surface area (Å²) in [6.07, 6.45) is 2.47. The molecule has 1 fully saturated rings. The molecule has 1 aromatic rings. The number of likely N-dealkylation sites (N-methyl/N-ethyl adjacent to an activating group) is 1. The van der Waals surface area contributed by atoms with Gasteiger partial charge in [-0.3, -0.25) is 10.1 Å². The molecule has 7 nitrogen and oxygen atoms in total. The molecule has 114 valence electrons. The van der Waals surface area contributed by atoms with Gasteiger partial charge < -0.3 is 14.7 Å². The van der Waals surface area contributed by atoms with Crippen molar-refractivity contribution in [2.75, 3.05) is 31.7 Å². The number of hydrogen-bond acceptors (Lipinski definition) is 5. The fourth-order valence-corrected chi connectivity index (χ4v) is 1.96. The first-order valence-electron chi connectivity index (χ1n) is 6.79. The van der Waals surface area contributed by atoms with Crippen LogP contribution in [0.3, 0.4) is 0 Å². The summed E-state index contributed by atoms with van der Waals surface area (Å²) in [5, 5.41) is 19.9. The van der Waals surface area contributed by atoms with E-state index in [9.17, 15) is 14.9 Å². The molecule has 0 heterocycles. The zero-order valence-corrected chi connectivity index (χ0v) is 11.8. The molecule has 0 bridgehead atoms. The van der Waals surface area contributed by atoms with Crippen molar-refractivity contribution in [1.82, 2.24) is 0 Å². The number of ether oxygens (including phenoxy) is 1. The molecule has 21 heavy (non-hydrogen) atoms. The highest BCUT2D eigenvalue weighted by Gasteiger charge is 2.22. The molecular formula is C14H18N2O5. The SMILES string of the molecule is CN(CCOCC1CC1)c1ccc([N+](=O)[O-])c(C(=O)O)c1. The summed E-state index contributed by atoms with van der Waals surface area (Å²) in [6, 6.07) is 4.09. The Bertz CT molecular complexity index is 542. The van der Waals surface area contributed by atoms with Gasteiger partial charge in [-0.1, -0.05) is 0 Å². The predicted octanol–water partition coefficient (Wildman–Crippen LogP) is 2.16. The Morgan fingerprint density at radius 1 is 1.52 bits per heavy atom. The smallest absolute Gasteiger partial charge is 0.342 e. The molecule has 0 unspecified atom stereocenters. The Kier molecular flexibility index (Phi) is 4.74. The first-order chi connectivity index (χ1) is 9.99. The van der Waals surface area contributed by atoms with E-state index in [1.807, 2.05) is 4.90 Å². The summed E-state index contributed by atoms with van der Waals surface area (Å²) in [5.74, 6) is -0.602. The summed E-state index contributed by atoms with van der Waals surface area (Å²) < 4.78 is 5.52. The highest BCUT2D eigenvalue weighted by atomic mass is 16.6. The van der Waals surface area contributed by atoms with Crippen LogP contribution in [0.15, 0.2) is 18.2 Å². The van der Waals surface area contributed by atoms with E-state index in [1.165, 1.54) is 25.0 Å². The molecule has 0 radical (unpaired) electrons. The number of rotatable bonds is 8. The average Bonchev–Trinajstić information content (AvgIpc) is 3.26. The first kappa shape index (κ1) is 15.2. The van der Waals surface area contributed by atoms with Crippen LogP contribution in [0.5, 0.6) is 0 Å². The second-order valence-corrected chi connectivity index (χ2v) is 5.20. The van der Waals surface area contributed by atoms with E-state index >= 15 is 0 Å². The van der Waals surface area contributed by atoms with Crippen LogP contribution in [-0.2, 0) is 4.74 Å². The van der Waals surface area contributed by atoms with Crippen molar-refractivity contribution in [2.24, 2.45) is 5.92 Å². The summed E-state index contributed by atoms with van der Waals surface area (Å²) in [6.45, 7) is 1.92. The highest BCUT2D eigenvalue weighted by molar-refractivity contribution is 5.93. The standard InChI is InChI=1S/C14H18N2O5/c1-15(6-7-21-9-10-2-3-10)11-4-5-13(16(19)20)12(8-11)14(17)18/h4-5,8,10H,2-3,6-7,9H2,1H3,(H,17,18). The zero-order valence-electron chi connectivity index (χ0n) is 11.8. The maximum Gasteiger partial charge on any atom is 0.342 e. The van der Waals surface area contributed by atoms with E-state index in [0.717, 1.165) is 6.61 Å². The van der Waals surface area contributed by atoms with Gasteiger partial charge in [-0.2, -0.15) is 0 Å². The molecule has 7 heteroatoms. The van der Waals surface area contributed by atoms with E-state index in [2.05, 4.69) is 0 Å². The van der Waals surface area contributed by atoms with Crippen molar-refractivity contribution in [3.05, 3.63) is 33.9 Å². The number of hydrogen-bond donors (Lipinski definition) is 1. The fraction of sp³-hybridized carbons (Fsp3) is 0.500. The molecule has 1 N–H and O–H groups in total.